The van der Waals surface area contributed by atoms with Crippen LogP contribution in [0, 0.1) is 6.92 Å². The number of rotatable bonds is 3. The summed E-state index contributed by atoms with van der Waals surface area (Å²) in [6.45, 7) is 8.95. The van der Waals surface area contributed by atoms with E-state index in [-0.39, 0.29) is 5.91 Å². The fourth-order valence-electron chi connectivity index (χ4n) is 3.84. The van der Waals surface area contributed by atoms with Crippen molar-refractivity contribution >= 4 is 33.5 Å². The number of anilines is 2. The number of hydrogen-bond donors (Lipinski definition) is 0. The van der Waals surface area contributed by atoms with Gasteiger partial charge in [-0.3, -0.25) is 4.79 Å². The number of amides is 1. The molecule has 1 aromatic carbocycles. The van der Waals surface area contributed by atoms with E-state index in [1.807, 2.05) is 36.1 Å². The Hall–Kier alpha value is -2.19. The highest BCUT2D eigenvalue weighted by Crippen LogP contribution is 2.23. The molecule has 2 aliphatic heterocycles. The van der Waals surface area contributed by atoms with Crippen LogP contribution in [-0.2, 0) is 0 Å². The summed E-state index contributed by atoms with van der Waals surface area (Å²) in [5.41, 5.74) is 0.719. The van der Waals surface area contributed by atoms with Crippen molar-refractivity contribution in [3.8, 4) is 0 Å². The van der Waals surface area contributed by atoms with Gasteiger partial charge >= 0.3 is 0 Å². The normalized spacial score (nSPS) is 18.2. The predicted molar refractivity (Wildman–Crippen MR) is 119 cm³/mol. The number of aryl methyl sites for hydroxylation is 1. The summed E-state index contributed by atoms with van der Waals surface area (Å²) in [7, 11) is 2.16. The molecule has 0 unspecified atom stereocenters. The zero-order valence-electron chi connectivity index (χ0n) is 17.0. The molecule has 0 aliphatic carbocycles. The molecule has 7 nitrogen and oxygen atoms in total. The van der Waals surface area contributed by atoms with Gasteiger partial charge in [-0.1, -0.05) is 12.1 Å². The molecular weight excluding hydrogens is 432 g/mol. The van der Waals surface area contributed by atoms with Crippen LogP contribution in [0.25, 0.3) is 0 Å². The quantitative estimate of drug-likeness (QED) is 0.702. The highest BCUT2D eigenvalue weighted by atomic mass is 79.9. The summed E-state index contributed by atoms with van der Waals surface area (Å²) in [4.78, 5) is 31.1. The number of aromatic nitrogens is 2. The van der Waals surface area contributed by atoms with E-state index < -0.39 is 0 Å². The molecule has 29 heavy (non-hydrogen) atoms. The van der Waals surface area contributed by atoms with Crippen molar-refractivity contribution in [3.05, 3.63) is 46.2 Å². The molecule has 0 atom stereocenters. The number of piperazine rings is 2. The highest BCUT2D eigenvalue weighted by molar-refractivity contribution is 9.10. The Morgan fingerprint density at radius 1 is 0.897 bits per heavy atom. The van der Waals surface area contributed by atoms with Gasteiger partial charge < -0.3 is 19.6 Å². The largest absolute Gasteiger partial charge is 0.354 e. The van der Waals surface area contributed by atoms with E-state index in [9.17, 15) is 4.79 Å². The molecule has 2 saturated heterocycles. The number of likely N-dealkylation sites (N-methyl/N-ethyl adjacent to an activating group) is 1. The molecule has 3 heterocycles. The minimum atomic E-state index is 0.0779. The van der Waals surface area contributed by atoms with E-state index in [0.717, 1.165) is 66.8 Å². The van der Waals surface area contributed by atoms with Crippen LogP contribution in [0.15, 0.2) is 34.8 Å². The maximum absolute atomic E-state index is 12.8. The fourth-order valence-corrected chi connectivity index (χ4v) is 4.29. The highest BCUT2D eigenvalue weighted by Gasteiger charge is 2.25. The smallest absolute Gasteiger partial charge is 0.255 e. The van der Waals surface area contributed by atoms with E-state index in [1.165, 1.54) is 0 Å². The van der Waals surface area contributed by atoms with Crippen molar-refractivity contribution < 1.29 is 4.79 Å². The fraction of sp³-hybridized carbons (Fsp3) is 0.476. The van der Waals surface area contributed by atoms with Crippen LogP contribution in [0.1, 0.15) is 16.2 Å². The Labute approximate surface area is 180 Å². The van der Waals surface area contributed by atoms with Gasteiger partial charge in [-0.25, -0.2) is 9.97 Å². The van der Waals surface area contributed by atoms with Crippen molar-refractivity contribution in [1.82, 2.24) is 19.8 Å². The van der Waals surface area contributed by atoms with E-state index >= 15 is 0 Å². The average molecular weight is 459 g/mol. The molecule has 154 valence electrons. The molecule has 1 amide bonds. The van der Waals surface area contributed by atoms with Crippen LogP contribution in [0.5, 0.6) is 0 Å². The number of nitrogens with zero attached hydrogens (tertiary/aromatic N) is 6. The second-order valence-corrected chi connectivity index (χ2v) is 8.54. The molecule has 0 N–H and O–H groups in total. The lowest BCUT2D eigenvalue weighted by Gasteiger charge is -2.37. The van der Waals surface area contributed by atoms with Crippen molar-refractivity contribution in [2.75, 3.05) is 69.2 Å². The van der Waals surface area contributed by atoms with E-state index in [4.69, 9.17) is 0 Å². The second kappa shape index (κ2) is 8.67. The maximum Gasteiger partial charge on any atom is 0.255 e. The van der Waals surface area contributed by atoms with Gasteiger partial charge in [0.05, 0.1) is 5.56 Å². The molecule has 2 aromatic rings. The van der Waals surface area contributed by atoms with Crippen molar-refractivity contribution in [1.29, 1.82) is 0 Å². The summed E-state index contributed by atoms with van der Waals surface area (Å²) >= 11 is 3.49. The minimum absolute atomic E-state index is 0.0779. The Morgan fingerprint density at radius 2 is 1.45 bits per heavy atom. The Morgan fingerprint density at radius 3 is 2.03 bits per heavy atom. The van der Waals surface area contributed by atoms with Crippen molar-refractivity contribution in [3.63, 3.8) is 0 Å². The minimum Gasteiger partial charge on any atom is -0.354 e. The van der Waals surface area contributed by atoms with Crippen LogP contribution in [0.2, 0.25) is 0 Å². The third-order valence-corrected chi connectivity index (χ3v) is 6.32. The molecule has 2 aliphatic rings. The van der Waals surface area contributed by atoms with Crippen molar-refractivity contribution in [2.45, 2.75) is 6.92 Å². The molecule has 0 radical (unpaired) electrons. The molecule has 1 aromatic heterocycles. The van der Waals surface area contributed by atoms with Crippen LogP contribution in [0.3, 0.4) is 0 Å². The molecule has 4 rings (SSSR count). The van der Waals surface area contributed by atoms with Crippen LogP contribution >= 0.6 is 15.9 Å². The molecular formula is C21H27BrN6O. The number of halogens is 1. The predicted octanol–water partition coefficient (Wildman–Crippen LogP) is 2.26. The monoisotopic (exact) mass is 458 g/mol. The Balaban J connectivity index is 1.43. The van der Waals surface area contributed by atoms with E-state index in [1.54, 1.807) is 0 Å². The van der Waals surface area contributed by atoms with Crippen LogP contribution in [0.4, 0.5) is 11.6 Å². The summed E-state index contributed by atoms with van der Waals surface area (Å²) in [5, 5.41) is 0. The van der Waals surface area contributed by atoms with Gasteiger partial charge in [-0.15, -0.1) is 0 Å². The zero-order chi connectivity index (χ0) is 20.4. The van der Waals surface area contributed by atoms with E-state index in [2.05, 4.69) is 53.7 Å². The Kier molecular flexibility index (Phi) is 6.01. The molecule has 0 saturated carbocycles. The van der Waals surface area contributed by atoms with Gasteiger partial charge in [0.15, 0.2) is 0 Å². The van der Waals surface area contributed by atoms with Crippen LogP contribution in [-0.4, -0.2) is 85.1 Å². The molecule has 0 bridgehead atoms. The first-order valence-electron chi connectivity index (χ1n) is 10.1. The van der Waals surface area contributed by atoms with Gasteiger partial charge in [-0.05, 0) is 42.0 Å². The van der Waals surface area contributed by atoms with E-state index in [0.29, 0.717) is 13.1 Å². The standard InChI is InChI=1S/C21H27BrN6O/c1-16-23-19(26-9-7-25(2)8-10-26)15-20(24-16)27-11-13-28(14-12-27)21(29)17-5-3-4-6-18(17)22/h3-6,15H,7-14H2,1-2H3. The van der Waals surface area contributed by atoms with Crippen molar-refractivity contribution in [2.24, 2.45) is 0 Å². The first kappa shape index (κ1) is 20.1. The third-order valence-electron chi connectivity index (χ3n) is 5.63. The number of carbonyl (C=O) groups is 1. The first-order valence-corrected chi connectivity index (χ1v) is 10.9. The number of hydrogen-bond acceptors (Lipinski definition) is 6. The van der Waals surface area contributed by atoms with Gasteiger partial charge in [0.25, 0.3) is 5.91 Å². The second-order valence-electron chi connectivity index (χ2n) is 7.68. The lowest BCUT2D eigenvalue weighted by atomic mass is 10.2. The van der Waals surface area contributed by atoms with Gasteiger partial charge in [0, 0.05) is 62.9 Å². The topological polar surface area (TPSA) is 55.8 Å². The third kappa shape index (κ3) is 4.53. The maximum atomic E-state index is 12.8. The zero-order valence-corrected chi connectivity index (χ0v) is 18.6. The first-order chi connectivity index (χ1) is 14.0. The number of carbonyl (C=O) groups excluding carboxylic acids is 1. The molecule has 8 heteroatoms. The average Bonchev–Trinajstić information content (AvgIpc) is 2.74. The lowest BCUT2D eigenvalue weighted by Crippen LogP contribution is -2.49. The summed E-state index contributed by atoms with van der Waals surface area (Å²) in [6.07, 6.45) is 0. The Bertz CT molecular complexity index is 875. The van der Waals surface area contributed by atoms with Crippen LogP contribution < -0.4 is 9.80 Å². The summed E-state index contributed by atoms with van der Waals surface area (Å²) < 4.78 is 0.843. The number of benzene rings is 1. The lowest BCUT2D eigenvalue weighted by molar-refractivity contribution is 0.0745. The molecule has 2 fully saturated rings. The summed E-state index contributed by atoms with van der Waals surface area (Å²) in [5.74, 6) is 2.84. The van der Waals surface area contributed by atoms with Gasteiger partial charge in [0.2, 0.25) is 0 Å². The van der Waals surface area contributed by atoms with Gasteiger partial charge in [-0.2, -0.15) is 0 Å². The summed E-state index contributed by atoms with van der Waals surface area (Å²) in [6, 6.07) is 9.71. The SMILES string of the molecule is Cc1nc(N2CCN(C)CC2)cc(N2CCN(C(=O)c3ccccc3Br)CC2)n1. The van der Waals surface area contributed by atoms with Gasteiger partial charge in [0.1, 0.15) is 17.5 Å². The molecule has 0 spiro atoms.